The summed E-state index contributed by atoms with van der Waals surface area (Å²) in [6.07, 6.45) is 2.33. The van der Waals surface area contributed by atoms with Gasteiger partial charge in [0.1, 0.15) is 12.1 Å². The lowest BCUT2D eigenvalue weighted by molar-refractivity contribution is 0.477. The molecule has 0 spiro atoms. The number of hydrogen-bond donors (Lipinski definition) is 1. The summed E-state index contributed by atoms with van der Waals surface area (Å²) in [5.74, 6) is 1.04. The van der Waals surface area contributed by atoms with Gasteiger partial charge in [-0.15, -0.1) is 0 Å². The first-order chi connectivity index (χ1) is 13.2. The molecule has 0 amide bonds. The molecule has 0 aliphatic heterocycles. The fraction of sp³-hybridized carbons (Fsp3) is 0.238. The zero-order valence-corrected chi connectivity index (χ0v) is 15.5. The van der Waals surface area contributed by atoms with E-state index in [1.165, 1.54) is 17.7 Å². The van der Waals surface area contributed by atoms with Crippen molar-refractivity contribution in [3.05, 3.63) is 77.9 Å². The molecule has 0 saturated heterocycles. The Labute approximate surface area is 158 Å². The average Bonchev–Trinajstić information content (AvgIpc) is 3.15. The molecule has 0 aliphatic carbocycles. The molecule has 3 aromatic rings. The monoisotopic (exact) mass is 366 g/mol. The van der Waals surface area contributed by atoms with Crippen LogP contribution < -0.4 is 5.32 Å². The molecule has 140 valence electrons. The number of guanidine groups is 1. The van der Waals surface area contributed by atoms with E-state index in [0.717, 1.165) is 23.8 Å². The summed E-state index contributed by atoms with van der Waals surface area (Å²) in [5, 5.41) is 3.34. The second kappa shape index (κ2) is 8.98. The molecule has 0 unspecified atom stereocenters. The second-order valence-corrected chi connectivity index (χ2v) is 6.22. The van der Waals surface area contributed by atoms with E-state index in [0.29, 0.717) is 18.9 Å². The first-order valence-corrected chi connectivity index (χ1v) is 8.82. The Bertz CT molecular complexity index is 875. The molecular weight excluding hydrogens is 343 g/mol. The number of nitrogens with zero attached hydrogens (tertiary/aromatic N) is 3. The largest absolute Gasteiger partial charge is 0.444 e. The maximum absolute atomic E-state index is 13.0. The SMILES string of the molecule is CN=C(NCCc1coc(-c2ccc(F)cc2)n1)N(C)Cc1ccccc1. The minimum Gasteiger partial charge on any atom is -0.444 e. The van der Waals surface area contributed by atoms with Crippen LogP contribution in [-0.4, -0.2) is 36.5 Å². The van der Waals surface area contributed by atoms with Crippen LogP contribution in [0.5, 0.6) is 0 Å². The molecule has 6 heteroatoms. The van der Waals surface area contributed by atoms with E-state index in [-0.39, 0.29) is 5.82 Å². The molecule has 0 saturated carbocycles. The quantitative estimate of drug-likeness (QED) is 0.533. The third-order valence-electron chi connectivity index (χ3n) is 4.14. The van der Waals surface area contributed by atoms with Crippen molar-refractivity contribution in [3.8, 4) is 11.5 Å². The zero-order chi connectivity index (χ0) is 19.1. The Hall–Kier alpha value is -3.15. The van der Waals surface area contributed by atoms with E-state index in [1.807, 2.05) is 25.2 Å². The van der Waals surface area contributed by atoms with Gasteiger partial charge in [0.2, 0.25) is 5.89 Å². The summed E-state index contributed by atoms with van der Waals surface area (Å²) in [6.45, 7) is 1.46. The molecule has 0 fully saturated rings. The molecule has 1 heterocycles. The zero-order valence-electron chi connectivity index (χ0n) is 15.5. The second-order valence-electron chi connectivity index (χ2n) is 6.22. The van der Waals surface area contributed by atoms with Crippen molar-refractivity contribution < 1.29 is 8.81 Å². The number of nitrogens with one attached hydrogen (secondary N) is 1. The van der Waals surface area contributed by atoms with Gasteiger partial charge in [0, 0.05) is 39.2 Å². The maximum Gasteiger partial charge on any atom is 0.226 e. The molecule has 3 rings (SSSR count). The Balaban J connectivity index is 1.52. The number of halogens is 1. The van der Waals surface area contributed by atoms with Gasteiger partial charge in [-0.2, -0.15) is 0 Å². The van der Waals surface area contributed by atoms with E-state index in [4.69, 9.17) is 4.42 Å². The lowest BCUT2D eigenvalue weighted by Gasteiger charge is -2.22. The predicted molar refractivity (Wildman–Crippen MR) is 105 cm³/mol. The summed E-state index contributed by atoms with van der Waals surface area (Å²) in [5.41, 5.74) is 2.82. The van der Waals surface area contributed by atoms with Crippen molar-refractivity contribution in [1.82, 2.24) is 15.2 Å². The van der Waals surface area contributed by atoms with Crippen molar-refractivity contribution >= 4 is 5.96 Å². The van der Waals surface area contributed by atoms with E-state index in [2.05, 4.69) is 32.3 Å². The van der Waals surface area contributed by atoms with Crippen molar-refractivity contribution in [2.24, 2.45) is 4.99 Å². The summed E-state index contributed by atoms with van der Waals surface area (Å²) in [4.78, 5) is 10.9. The van der Waals surface area contributed by atoms with Gasteiger partial charge in [0.05, 0.1) is 5.69 Å². The first-order valence-electron chi connectivity index (χ1n) is 8.82. The van der Waals surface area contributed by atoms with E-state index < -0.39 is 0 Å². The number of hydrogen-bond acceptors (Lipinski definition) is 3. The molecule has 1 aromatic heterocycles. The average molecular weight is 366 g/mol. The highest BCUT2D eigenvalue weighted by Gasteiger charge is 2.09. The minimum absolute atomic E-state index is 0.277. The number of rotatable bonds is 6. The van der Waals surface area contributed by atoms with Gasteiger partial charge in [-0.05, 0) is 29.8 Å². The van der Waals surface area contributed by atoms with Crippen LogP contribution in [0.25, 0.3) is 11.5 Å². The summed E-state index contributed by atoms with van der Waals surface area (Å²) in [7, 11) is 3.78. The highest BCUT2D eigenvalue weighted by Crippen LogP contribution is 2.19. The van der Waals surface area contributed by atoms with Gasteiger partial charge in [-0.1, -0.05) is 30.3 Å². The van der Waals surface area contributed by atoms with Gasteiger partial charge < -0.3 is 14.6 Å². The molecule has 0 aliphatic rings. The predicted octanol–water partition coefficient (Wildman–Crippen LogP) is 3.73. The van der Waals surface area contributed by atoms with Crippen LogP contribution in [0.15, 0.2) is 70.3 Å². The molecule has 2 aromatic carbocycles. The lowest BCUT2D eigenvalue weighted by atomic mass is 10.2. The summed E-state index contributed by atoms with van der Waals surface area (Å²) < 4.78 is 18.5. The van der Waals surface area contributed by atoms with Gasteiger partial charge in [0.25, 0.3) is 0 Å². The highest BCUT2D eigenvalue weighted by molar-refractivity contribution is 5.79. The molecule has 0 radical (unpaired) electrons. The maximum atomic E-state index is 13.0. The van der Waals surface area contributed by atoms with Gasteiger partial charge in [0.15, 0.2) is 5.96 Å². The topological polar surface area (TPSA) is 53.7 Å². The third-order valence-corrected chi connectivity index (χ3v) is 4.14. The smallest absolute Gasteiger partial charge is 0.226 e. The first kappa shape index (κ1) is 18.6. The highest BCUT2D eigenvalue weighted by atomic mass is 19.1. The fourth-order valence-corrected chi connectivity index (χ4v) is 2.77. The normalized spacial score (nSPS) is 11.4. The Morgan fingerprint density at radius 2 is 1.89 bits per heavy atom. The fourth-order valence-electron chi connectivity index (χ4n) is 2.77. The van der Waals surface area contributed by atoms with Crippen LogP contribution in [0, 0.1) is 5.82 Å². The molecular formula is C21H23FN4O. The Morgan fingerprint density at radius 3 is 2.59 bits per heavy atom. The van der Waals surface area contributed by atoms with E-state index >= 15 is 0 Å². The molecule has 1 N–H and O–H groups in total. The van der Waals surface area contributed by atoms with E-state index in [9.17, 15) is 4.39 Å². The third kappa shape index (κ3) is 5.17. The lowest BCUT2D eigenvalue weighted by Crippen LogP contribution is -2.39. The van der Waals surface area contributed by atoms with Gasteiger partial charge in [-0.3, -0.25) is 4.99 Å². The van der Waals surface area contributed by atoms with E-state index in [1.54, 1.807) is 25.4 Å². The number of aliphatic imine (C=N–C) groups is 1. The molecule has 0 bridgehead atoms. The Morgan fingerprint density at radius 1 is 1.15 bits per heavy atom. The van der Waals surface area contributed by atoms with Crippen molar-refractivity contribution in [3.63, 3.8) is 0 Å². The van der Waals surface area contributed by atoms with Crippen LogP contribution in [0.4, 0.5) is 4.39 Å². The van der Waals surface area contributed by atoms with Gasteiger partial charge >= 0.3 is 0 Å². The van der Waals surface area contributed by atoms with Crippen LogP contribution in [0.3, 0.4) is 0 Å². The number of aromatic nitrogens is 1. The standard InChI is InChI=1S/C21H23FN4O/c1-23-21(26(2)14-16-6-4-3-5-7-16)24-13-12-19-15-27-20(25-19)17-8-10-18(22)11-9-17/h3-11,15H,12-14H2,1-2H3,(H,23,24). The van der Waals surface area contributed by atoms with Crippen LogP contribution >= 0.6 is 0 Å². The van der Waals surface area contributed by atoms with Crippen molar-refractivity contribution in [2.75, 3.05) is 20.6 Å². The molecule has 27 heavy (non-hydrogen) atoms. The van der Waals surface area contributed by atoms with Crippen molar-refractivity contribution in [1.29, 1.82) is 0 Å². The molecule has 0 atom stereocenters. The van der Waals surface area contributed by atoms with Crippen molar-refractivity contribution in [2.45, 2.75) is 13.0 Å². The number of benzene rings is 2. The van der Waals surface area contributed by atoms with Crippen LogP contribution in [0.1, 0.15) is 11.3 Å². The molecule has 5 nitrogen and oxygen atoms in total. The van der Waals surface area contributed by atoms with Crippen LogP contribution in [-0.2, 0) is 13.0 Å². The summed E-state index contributed by atoms with van der Waals surface area (Å²) >= 11 is 0. The van der Waals surface area contributed by atoms with Crippen LogP contribution in [0.2, 0.25) is 0 Å². The summed E-state index contributed by atoms with van der Waals surface area (Å²) in [6, 6.07) is 16.4. The Kier molecular flexibility index (Phi) is 6.20. The minimum atomic E-state index is -0.277. The van der Waals surface area contributed by atoms with Gasteiger partial charge in [-0.25, -0.2) is 9.37 Å². The number of oxazole rings is 1.